The van der Waals surface area contributed by atoms with Crippen LogP contribution in [0.3, 0.4) is 0 Å². The number of rotatable bonds is 3. The van der Waals surface area contributed by atoms with Crippen molar-refractivity contribution in [1.82, 2.24) is 9.55 Å². The molecule has 2 rings (SSSR count). The molecule has 0 bridgehead atoms. The first kappa shape index (κ1) is 14.6. The third kappa shape index (κ3) is 3.21. The molecule has 4 nitrogen and oxygen atoms in total. The zero-order valence-electron chi connectivity index (χ0n) is 9.86. The summed E-state index contributed by atoms with van der Waals surface area (Å²) in [5.74, 6) is 0.668. The number of methoxy groups -OCH3 is 1. The zero-order valence-corrected chi connectivity index (χ0v) is 13.5. The third-order valence-corrected chi connectivity index (χ3v) is 4.34. The Balaban J connectivity index is 2.44. The van der Waals surface area contributed by atoms with E-state index in [2.05, 4.69) is 4.98 Å². The van der Waals surface area contributed by atoms with Gasteiger partial charge in [0, 0.05) is 10.6 Å². The van der Waals surface area contributed by atoms with Crippen molar-refractivity contribution in [1.29, 1.82) is 0 Å². The summed E-state index contributed by atoms with van der Waals surface area (Å²) in [6.07, 6.45) is 1.41. The molecule has 0 aliphatic rings. The molecule has 0 fully saturated rings. The highest BCUT2D eigenvalue weighted by molar-refractivity contribution is 14.1. The quantitative estimate of drug-likeness (QED) is 0.576. The van der Waals surface area contributed by atoms with Crippen molar-refractivity contribution >= 4 is 45.8 Å². The lowest BCUT2D eigenvalue weighted by atomic mass is 10.2. The Morgan fingerprint density at radius 2 is 2.16 bits per heavy atom. The largest absolute Gasteiger partial charge is 0.496 e. The van der Waals surface area contributed by atoms with Gasteiger partial charge in [-0.2, -0.15) is 0 Å². The topological polar surface area (TPSA) is 44.1 Å². The van der Waals surface area contributed by atoms with E-state index >= 15 is 0 Å². The van der Waals surface area contributed by atoms with E-state index in [4.69, 9.17) is 27.9 Å². The lowest BCUT2D eigenvalue weighted by molar-refractivity contribution is 0.408. The first-order valence-corrected chi connectivity index (χ1v) is 7.09. The fraction of sp³-hybridized carbons (Fsp3) is 0.167. The minimum atomic E-state index is -0.192. The molecular formula is C12H9Cl2IN2O2. The second kappa shape index (κ2) is 6.11. The van der Waals surface area contributed by atoms with Crippen molar-refractivity contribution in [2.24, 2.45) is 0 Å². The van der Waals surface area contributed by atoms with E-state index in [1.165, 1.54) is 10.9 Å². The maximum absolute atomic E-state index is 12.0. The summed E-state index contributed by atoms with van der Waals surface area (Å²) in [5, 5.41) is 0.792. The molecule has 1 aromatic carbocycles. The highest BCUT2D eigenvalue weighted by Gasteiger charge is 2.10. The second-order valence-corrected chi connectivity index (χ2v) is 5.61. The Morgan fingerprint density at radius 1 is 1.42 bits per heavy atom. The van der Waals surface area contributed by atoms with E-state index in [0.717, 1.165) is 5.56 Å². The molecule has 19 heavy (non-hydrogen) atoms. The molecule has 0 unspecified atom stereocenters. The summed E-state index contributed by atoms with van der Waals surface area (Å²) in [6.45, 7) is 0.322. The molecule has 0 radical (unpaired) electrons. The molecule has 2 aromatic rings. The van der Waals surface area contributed by atoms with E-state index in [-0.39, 0.29) is 10.7 Å². The maximum Gasteiger partial charge on any atom is 0.268 e. The molecule has 0 spiro atoms. The summed E-state index contributed by atoms with van der Waals surface area (Å²) >= 11 is 13.6. The van der Waals surface area contributed by atoms with Crippen LogP contribution < -0.4 is 10.3 Å². The van der Waals surface area contributed by atoms with E-state index in [0.29, 0.717) is 20.9 Å². The molecule has 0 saturated carbocycles. The molecule has 0 N–H and O–H groups in total. The van der Waals surface area contributed by atoms with Gasteiger partial charge in [-0.15, -0.1) is 0 Å². The van der Waals surface area contributed by atoms with Crippen LogP contribution in [-0.2, 0) is 6.54 Å². The van der Waals surface area contributed by atoms with Crippen molar-refractivity contribution in [3.05, 3.63) is 54.2 Å². The minimum absolute atomic E-state index is 0.192. The molecule has 1 heterocycles. The van der Waals surface area contributed by atoms with Crippen LogP contribution >= 0.6 is 45.8 Å². The lowest BCUT2D eigenvalue weighted by Crippen LogP contribution is -2.23. The Kier molecular flexibility index (Phi) is 4.70. The van der Waals surface area contributed by atoms with Gasteiger partial charge in [-0.1, -0.05) is 23.2 Å². The highest BCUT2D eigenvalue weighted by Crippen LogP contribution is 2.23. The standard InChI is InChI=1S/C12H9Cl2IN2O2/c1-19-9-3-2-8(13)4-7(9)5-17-6-16-11(14)10(15)12(17)18/h2-4,6H,5H2,1H3. The van der Waals surface area contributed by atoms with Crippen molar-refractivity contribution in [2.75, 3.05) is 7.11 Å². The average Bonchev–Trinajstić information content (AvgIpc) is 2.40. The van der Waals surface area contributed by atoms with E-state index in [9.17, 15) is 4.79 Å². The van der Waals surface area contributed by atoms with Crippen LogP contribution in [-0.4, -0.2) is 16.7 Å². The third-order valence-electron chi connectivity index (χ3n) is 2.52. The number of hydrogen-bond donors (Lipinski definition) is 0. The van der Waals surface area contributed by atoms with Gasteiger partial charge in [-0.25, -0.2) is 4.98 Å². The van der Waals surface area contributed by atoms with Gasteiger partial charge in [0.15, 0.2) is 0 Å². The molecule has 0 aliphatic heterocycles. The Labute approximate surface area is 133 Å². The Bertz CT molecular complexity index is 673. The van der Waals surface area contributed by atoms with Gasteiger partial charge in [-0.3, -0.25) is 9.36 Å². The minimum Gasteiger partial charge on any atom is -0.496 e. The fourth-order valence-corrected chi connectivity index (χ4v) is 2.38. The van der Waals surface area contributed by atoms with Crippen LogP contribution in [0, 0.1) is 3.57 Å². The van der Waals surface area contributed by atoms with Crippen molar-refractivity contribution < 1.29 is 4.74 Å². The molecule has 0 aliphatic carbocycles. The first-order valence-electron chi connectivity index (χ1n) is 5.25. The molecule has 0 atom stereocenters. The Morgan fingerprint density at radius 3 is 2.84 bits per heavy atom. The van der Waals surface area contributed by atoms with Crippen LogP contribution in [0.4, 0.5) is 0 Å². The maximum atomic E-state index is 12.0. The van der Waals surface area contributed by atoms with Gasteiger partial charge in [0.05, 0.1) is 20.0 Å². The van der Waals surface area contributed by atoms with Gasteiger partial charge in [-0.05, 0) is 40.8 Å². The molecule has 1 aromatic heterocycles. The monoisotopic (exact) mass is 410 g/mol. The van der Waals surface area contributed by atoms with Gasteiger partial charge in [0.25, 0.3) is 5.56 Å². The molecule has 0 saturated heterocycles. The number of ether oxygens (including phenoxy) is 1. The number of halogens is 3. The second-order valence-electron chi connectivity index (χ2n) is 3.74. The van der Waals surface area contributed by atoms with Crippen molar-refractivity contribution in [3.63, 3.8) is 0 Å². The highest BCUT2D eigenvalue weighted by atomic mass is 127. The molecule has 0 amide bonds. The van der Waals surface area contributed by atoms with Crippen LogP contribution in [0.15, 0.2) is 29.3 Å². The lowest BCUT2D eigenvalue weighted by Gasteiger charge is -2.11. The van der Waals surface area contributed by atoms with E-state index in [1.807, 2.05) is 22.6 Å². The first-order chi connectivity index (χ1) is 9.02. The number of benzene rings is 1. The van der Waals surface area contributed by atoms with E-state index < -0.39 is 0 Å². The van der Waals surface area contributed by atoms with Gasteiger partial charge in [0.2, 0.25) is 0 Å². The van der Waals surface area contributed by atoms with Crippen LogP contribution in [0.2, 0.25) is 10.2 Å². The smallest absolute Gasteiger partial charge is 0.268 e. The fourth-order valence-electron chi connectivity index (χ4n) is 1.61. The SMILES string of the molecule is COc1ccc(Cl)cc1Cn1cnc(Cl)c(I)c1=O. The average molecular weight is 411 g/mol. The predicted molar refractivity (Wildman–Crippen MR) is 83.3 cm³/mol. The summed E-state index contributed by atoms with van der Waals surface area (Å²) in [7, 11) is 1.57. The van der Waals surface area contributed by atoms with Crippen LogP contribution in [0.5, 0.6) is 5.75 Å². The summed E-state index contributed by atoms with van der Waals surface area (Å²) in [6, 6.07) is 5.25. The number of hydrogen-bond acceptors (Lipinski definition) is 3. The molecule has 7 heteroatoms. The number of aromatic nitrogens is 2. The van der Waals surface area contributed by atoms with Gasteiger partial charge in [0.1, 0.15) is 14.5 Å². The van der Waals surface area contributed by atoms with Gasteiger partial charge >= 0.3 is 0 Å². The summed E-state index contributed by atoms with van der Waals surface area (Å²) in [4.78, 5) is 16.0. The van der Waals surface area contributed by atoms with Crippen LogP contribution in [0.25, 0.3) is 0 Å². The number of nitrogens with zero attached hydrogens (tertiary/aromatic N) is 2. The van der Waals surface area contributed by atoms with Crippen molar-refractivity contribution in [2.45, 2.75) is 6.54 Å². The molecular weight excluding hydrogens is 402 g/mol. The predicted octanol–water partition coefficient (Wildman–Crippen LogP) is 3.21. The van der Waals surface area contributed by atoms with Crippen molar-refractivity contribution in [3.8, 4) is 5.75 Å². The summed E-state index contributed by atoms with van der Waals surface area (Å²) in [5.41, 5.74) is 0.611. The normalized spacial score (nSPS) is 10.5. The van der Waals surface area contributed by atoms with Crippen LogP contribution in [0.1, 0.15) is 5.56 Å². The Hall–Kier alpha value is -0.790. The van der Waals surface area contributed by atoms with Gasteiger partial charge < -0.3 is 4.74 Å². The molecule has 100 valence electrons. The summed E-state index contributed by atoms with van der Waals surface area (Å²) < 4.78 is 7.10. The van der Waals surface area contributed by atoms with E-state index in [1.54, 1.807) is 25.3 Å². The zero-order chi connectivity index (χ0) is 14.0.